The van der Waals surface area contributed by atoms with E-state index in [4.69, 9.17) is 5.26 Å². The van der Waals surface area contributed by atoms with Crippen molar-refractivity contribution in [3.63, 3.8) is 0 Å². The van der Waals surface area contributed by atoms with Crippen LogP contribution in [0.4, 0.5) is 5.69 Å². The van der Waals surface area contributed by atoms with Gasteiger partial charge in [-0.25, -0.2) is 0 Å². The van der Waals surface area contributed by atoms with Gasteiger partial charge in [0, 0.05) is 24.8 Å². The summed E-state index contributed by atoms with van der Waals surface area (Å²) < 4.78 is 0. The number of rotatable bonds is 2. The van der Waals surface area contributed by atoms with Gasteiger partial charge in [-0.1, -0.05) is 0 Å². The van der Waals surface area contributed by atoms with Gasteiger partial charge in [0.1, 0.15) is 0 Å². The van der Waals surface area contributed by atoms with Crippen molar-refractivity contribution >= 4 is 5.69 Å². The zero-order chi connectivity index (χ0) is 13.1. The monoisotopic (exact) mass is 243 g/mol. The van der Waals surface area contributed by atoms with E-state index in [1.807, 2.05) is 13.0 Å². The number of hydrogen-bond donors (Lipinski definition) is 0. The van der Waals surface area contributed by atoms with E-state index in [0.717, 1.165) is 24.2 Å². The molecule has 0 saturated carbocycles. The van der Waals surface area contributed by atoms with Crippen molar-refractivity contribution in [3.8, 4) is 6.07 Å². The highest BCUT2D eigenvalue weighted by Crippen LogP contribution is 2.23. The average Bonchev–Trinajstić information content (AvgIpc) is 2.38. The highest BCUT2D eigenvalue weighted by molar-refractivity contribution is 5.53. The van der Waals surface area contributed by atoms with Crippen LogP contribution < -0.4 is 4.90 Å². The molecule has 1 aliphatic rings. The maximum atomic E-state index is 8.96. The van der Waals surface area contributed by atoms with Crippen molar-refractivity contribution in [1.29, 1.82) is 5.26 Å². The number of hydrogen-bond acceptors (Lipinski definition) is 3. The third kappa shape index (κ3) is 2.65. The summed E-state index contributed by atoms with van der Waals surface area (Å²) in [6, 6.07) is 9.00. The van der Waals surface area contributed by atoms with E-state index < -0.39 is 0 Å². The minimum atomic E-state index is 0.634. The second kappa shape index (κ2) is 5.41. The lowest BCUT2D eigenvalue weighted by Gasteiger charge is -2.37. The maximum Gasteiger partial charge on any atom is 0.0994 e. The number of benzene rings is 1. The molecule has 1 unspecified atom stereocenters. The molecule has 1 atom stereocenters. The Bertz CT molecular complexity index is 459. The summed E-state index contributed by atoms with van der Waals surface area (Å²) in [7, 11) is 4.30. The molecular formula is C15H21N3. The van der Waals surface area contributed by atoms with Gasteiger partial charge in [-0.05, 0) is 57.6 Å². The summed E-state index contributed by atoms with van der Waals surface area (Å²) >= 11 is 0. The summed E-state index contributed by atoms with van der Waals surface area (Å²) in [5.74, 6) is 0. The number of aryl methyl sites for hydroxylation is 1. The lowest BCUT2D eigenvalue weighted by atomic mass is 10.0. The third-order valence-corrected chi connectivity index (χ3v) is 3.82. The third-order valence-electron chi connectivity index (χ3n) is 3.82. The van der Waals surface area contributed by atoms with Crippen molar-refractivity contribution < 1.29 is 0 Å². The highest BCUT2D eigenvalue weighted by atomic mass is 15.2. The van der Waals surface area contributed by atoms with Crippen LogP contribution in [0.5, 0.6) is 0 Å². The minimum Gasteiger partial charge on any atom is -0.370 e. The Balaban J connectivity index is 2.16. The largest absolute Gasteiger partial charge is 0.370 e. The second-order valence-electron chi connectivity index (χ2n) is 5.32. The van der Waals surface area contributed by atoms with Gasteiger partial charge in [0.25, 0.3) is 0 Å². The van der Waals surface area contributed by atoms with E-state index in [9.17, 15) is 0 Å². The van der Waals surface area contributed by atoms with Gasteiger partial charge < -0.3 is 9.80 Å². The molecule has 18 heavy (non-hydrogen) atoms. The maximum absolute atomic E-state index is 8.96. The van der Waals surface area contributed by atoms with Crippen LogP contribution in [0.1, 0.15) is 24.0 Å². The summed E-state index contributed by atoms with van der Waals surface area (Å²) in [6.07, 6.45) is 2.51. The summed E-state index contributed by atoms with van der Waals surface area (Å²) in [6.45, 7) is 4.21. The fourth-order valence-electron chi connectivity index (χ4n) is 2.58. The summed E-state index contributed by atoms with van der Waals surface area (Å²) in [5, 5.41) is 8.96. The summed E-state index contributed by atoms with van der Waals surface area (Å²) in [5.41, 5.74) is 3.10. The Morgan fingerprint density at radius 3 is 2.78 bits per heavy atom. The molecule has 0 amide bonds. The quantitative estimate of drug-likeness (QED) is 0.799. The zero-order valence-electron chi connectivity index (χ0n) is 11.5. The van der Waals surface area contributed by atoms with Crippen LogP contribution >= 0.6 is 0 Å². The van der Waals surface area contributed by atoms with Gasteiger partial charge in [-0.3, -0.25) is 0 Å². The Hall–Kier alpha value is -1.53. The Morgan fingerprint density at radius 2 is 2.17 bits per heavy atom. The van der Waals surface area contributed by atoms with Crippen LogP contribution in [-0.4, -0.2) is 38.1 Å². The number of nitrogens with zero attached hydrogens (tertiary/aromatic N) is 3. The van der Waals surface area contributed by atoms with Gasteiger partial charge in [-0.15, -0.1) is 0 Å². The first-order chi connectivity index (χ1) is 8.61. The molecule has 0 aliphatic carbocycles. The van der Waals surface area contributed by atoms with Crippen LogP contribution in [0.2, 0.25) is 0 Å². The molecule has 1 saturated heterocycles. The van der Waals surface area contributed by atoms with E-state index in [-0.39, 0.29) is 0 Å². The van der Waals surface area contributed by atoms with E-state index in [1.165, 1.54) is 18.5 Å². The normalized spacial score (nSPS) is 19.9. The predicted molar refractivity (Wildman–Crippen MR) is 74.8 cm³/mol. The van der Waals surface area contributed by atoms with Crippen LogP contribution in [-0.2, 0) is 0 Å². The molecule has 1 fully saturated rings. The SMILES string of the molecule is Cc1cc(N2CCCC(N(C)C)C2)ccc1C#N. The van der Waals surface area contributed by atoms with Gasteiger partial charge in [0.15, 0.2) is 0 Å². The first-order valence-electron chi connectivity index (χ1n) is 6.54. The van der Waals surface area contributed by atoms with E-state index in [1.54, 1.807) is 0 Å². The van der Waals surface area contributed by atoms with Crippen LogP contribution in [0.15, 0.2) is 18.2 Å². The van der Waals surface area contributed by atoms with Gasteiger partial charge in [-0.2, -0.15) is 5.26 Å². The average molecular weight is 243 g/mol. The fraction of sp³-hybridized carbons (Fsp3) is 0.533. The van der Waals surface area contributed by atoms with Gasteiger partial charge in [0.2, 0.25) is 0 Å². The smallest absolute Gasteiger partial charge is 0.0994 e. The lowest BCUT2D eigenvalue weighted by molar-refractivity contribution is 0.258. The lowest BCUT2D eigenvalue weighted by Crippen LogP contribution is -2.45. The molecule has 1 aliphatic heterocycles. The molecule has 96 valence electrons. The molecule has 1 heterocycles. The van der Waals surface area contributed by atoms with Gasteiger partial charge in [0.05, 0.1) is 11.6 Å². The van der Waals surface area contributed by atoms with E-state index in [0.29, 0.717) is 6.04 Å². The second-order valence-corrected chi connectivity index (χ2v) is 5.32. The van der Waals surface area contributed by atoms with Crippen molar-refractivity contribution in [2.24, 2.45) is 0 Å². The molecule has 0 N–H and O–H groups in total. The van der Waals surface area contributed by atoms with Gasteiger partial charge >= 0.3 is 0 Å². The fourth-order valence-corrected chi connectivity index (χ4v) is 2.58. The standard InChI is InChI=1S/C15H21N3/c1-12-9-14(7-6-13(12)10-16)18-8-4-5-15(11-18)17(2)3/h6-7,9,15H,4-5,8,11H2,1-3H3. The molecule has 3 heteroatoms. The van der Waals surface area contributed by atoms with Crippen LogP contribution in [0.25, 0.3) is 0 Å². The minimum absolute atomic E-state index is 0.634. The Kier molecular flexibility index (Phi) is 3.88. The van der Waals surface area contributed by atoms with Crippen molar-refractivity contribution in [2.75, 3.05) is 32.1 Å². The van der Waals surface area contributed by atoms with Crippen molar-refractivity contribution in [3.05, 3.63) is 29.3 Å². The molecule has 0 spiro atoms. The molecule has 1 aromatic rings. The molecule has 1 aromatic carbocycles. The highest BCUT2D eigenvalue weighted by Gasteiger charge is 2.21. The van der Waals surface area contributed by atoms with Crippen molar-refractivity contribution in [1.82, 2.24) is 4.90 Å². The number of likely N-dealkylation sites (N-methyl/N-ethyl adjacent to an activating group) is 1. The zero-order valence-corrected chi connectivity index (χ0v) is 11.5. The van der Waals surface area contributed by atoms with Crippen LogP contribution in [0, 0.1) is 18.3 Å². The predicted octanol–water partition coefficient (Wildman–Crippen LogP) is 2.40. The molecule has 0 aromatic heterocycles. The molecular weight excluding hydrogens is 222 g/mol. The molecule has 0 radical (unpaired) electrons. The van der Waals surface area contributed by atoms with Crippen molar-refractivity contribution in [2.45, 2.75) is 25.8 Å². The summed E-state index contributed by atoms with van der Waals surface area (Å²) in [4.78, 5) is 4.74. The molecule has 0 bridgehead atoms. The molecule has 2 rings (SSSR count). The number of piperidine rings is 1. The topological polar surface area (TPSA) is 30.3 Å². The Labute approximate surface area is 110 Å². The first kappa shape index (κ1) is 12.9. The number of nitriles is 1. The van der Waals surface area contributed by atoms with E-state index >= 15 is 0 Å². The Morgan fingerprint density at radius 1 is 1.39 bits per heavy atom. The van der Waals surface area contributed by atoms with E-state index in [2.05, 4.69) is 42.1 Å². The number of anilines is 1. The molecule has 3 nitrogen and oxygen atoms in total. The first-order valence-corrected chi connectivity index (χ1v) is 6.54. The van der Waals surface area contributed by atoms with Crippen LogP contribution in [0.3, 0.4) is 0 Å².